The predicted octanol–water partition coefficient (Wildman–Crippen LogP) is 8.83. The number of carbonyl (C=O) groups is 1. The molecule has 2 N–H and O–H groups in total. The third-order valence-corrected chi connectivity index (χ3v) is 11.3. The van der Waals surface area contributed by atoms with Crippen molar-refractivity contribution >= 4 is 26.4 Å². The Morgan fingerprint density at radius 1 is 1.00 bits per heavy atom. The van der Waals surface area contributed by atoms with E-state index in [9.17, 15) is 4.79 Å². The number of nitrogens with one attached hydrogen (secondary N) is 2. The van der Waals surface area contributed by atoms with Crippen molar-refractivity contribution in [1.82, 2.24) is 24.8 Å². The lowest BCUT2D eigenvalue weighted by atomic mass is 9.81. The van der Waals surface area contributed by atoms with E-state index in [0.717, 1.165) is 77.4 Å². The summed E-state index contributed by atoms with van der Waals surface area (Å²) in [5.74, 6) is 1.72. The lowest BCUT2D eigenvalue weighted by Gasteiger charge is -2.35. The summed E-state index contributed by atoms with van der Waals surface area (Å²) in [6, 6.07) is 18.3. The molecular formula is C40H56N6O3Si. The van der Waals surface area contributed by atoms with Crippen LogP contribution in [0.2, 0.25) is 13.1 Å². The number of aromatic nitrogens is 3. The van der Waals surface area contributed by atoms with Crippen LogP contribution in [0.1, 0.15) is 120 Å². The van der Waals surface area contributed by atoms with Crippen molar-refractivity contribution in [3.63, 3.8) is 0 Å². The highest BCUT2D eigenvalue weighted by atomic mass is 28.3. The quantitative estimate of drug-likeness (QED) is 0.179. The van der Waals surface area contributed by atoms with Gasteiger partial charge in [0.05, 0.1) is 23.9 Å². The minimum Gasteiger partial charge on any atom is -0.484 e. The number of carbonyl (C=O) groups excluding carboxylic acids is 1. The summed E-state index contributed by atoms with van der Waals surface area (Å²) >= 11 is 0. The molecule has 3 heterocycles. The Hall–Kier alpha value is -3.73. The molecule has 0 spiro atoms. The standard InChI is InChI=1S/C40H56N6O3Si/c1-38(2,3)26-16-18-30(35(39(4,5)6)49-50(9)10)32(24-26)42-37(47)41-31-19-20-33(29-15-12-11-14-28(29)31)48-27-17-21-34-43-44-36(46(34)25-27)40(7)22-13-23-45(40)8/h11-12,14-18,21,24-25,31,33,35,50H,13,19-20,22-23H2,1-10H3,(H2,41,42,47)/t31-,33+,35?,40-/m0/s1. The lowest BCUT2D eigenvalue weighted by Crippen LogP contribution is -2.37. The highest BCUT2D eigenvalue weighted by Gasteiger charge is 2.40. The van der Waals surface area contributed by atoms with Crippen LogP contribution in [0.3, 0.4) is 0 Å². The minimum absolute atomic E-state index is 0.0705. The molecule has 268 valence electrons. The maximum absolute atomic E-state index is 13.9. The number of benzene rings is 2. The number of likely N-dealkylation sites (tertiary alicyclic amines) is 1. The van der Waals surface area contributed by atoms with E-state index in [0.29, 0.717) is 0 Å². The van der Waals surface area contributed by atoms with E-state index in [2.05, 4.69) is 129 Å². The normalized spacial score (nSPS) is 22.1. The Morgan fingerprint density at radius 2 is 1.74 bits per heavy atom. The number of ether oxygens (including phenoxy) is 1. The van der Waals surface area contributed by atoms with E-state index >= 15 is 0 Å². The molecule has 0 saturated carbocycles. The number of urea groups is 1. The Balaban J connectivity index is 1.23. The topological polar surface area (TPSA) is 93.0 Å². The molecule has 0 radical (unpaired) electrons. The Kier molecular flexibility index (Phi) is 9.93. The molecule has 2 aliphatic rings. The molecule has 50 heavy (non-hydrogen) atoms. The SMILES string of the molecule is CN1CCC[C@@]1(C)c1nnc2ccc(O[C@@H]3CC[C@H](NC(=O)Nc4cc(C(C)(C)C)ccc4C(O[SiH](C)C)C(C)(C)C)c4ccccc43)cn12. The van der Waals surface area contributed by atoms with E-state index in [1.54, 1.807) is 0 Å². The molecule has 2 aromatic carbocycles. The summed E-state index contributed by atoms with van der Waals surface area (Å²) < 4.78 is 15.4. The van der Waals surface area contributed by atoms with Gasteiger partial charge in [0.15, 0.2) is 20.5 Å². The van der Waals surface area contributed by atoms with Crippen LogP contribution >= 0.6 is 0 Å². The lowest BCUT2D eigenvalue weighted by molar-refractivity contribution is 0.0872. The van der Waals surface area contributed by atoms with Gasteiger partial charge in [0.2, 0.25) is 0 Å². The molecule has 1 unspecified atom stereocenters. The van der Waals surface area contributed by atoms with Crippen molar-refractivity contribution in [2.45, 2.75) is 116 Å². The monoisotopic (exact) mass is 696 g/mol. The van der Waals surface area contributed by atoms with Crippen molar-refractivity contribution in [2.24, 2.45) is 5.41 Å². The molecule has 10 heteroatoms. The highest BCUT2D eigenvalue weighted by Crippen LogP contribution is 2.43. The second-order valence-corrected chi connectivity index (χ2v) is 19.2. The van der Waals surface area contributed by atoms with E-state index in [4.69, 9.17) is 9.16 Å². The number of rotatable bonds is 8. The first-order chi connectivity index (χ1) is 23.5. The zero-order chi connectivity index (χ0) is 36.0. The molecule has 2 aromatic heterocycles. The second kappa shape index (κ2) is 13.8. The minimum atomic E-state index is -1.37. The summed E-state index contributed by atoms with van der Waals surface area (Å²) in [6.45, 7) is 20.9. The molecule has 0 bridgehead atoms. The van der Waals surface area contributed by atoms with E-state index in [-0.39, 0.29) is 40.6 Å². The van der Waals surface area contributed by atoms with Crippen LogP contribution in [-0.4, -0.2) is 48.2 Å². The first kappa shape index (κ1) is 36.1. The van der Waals surface area contributed by atoms with Gasteiger partial charge < -0.3 is 19.8 Å². The van der Waals surface area contributed by atoms with Crippen molar-refractivity contribution in [3.05, 3.63) is 88.9 Å². The molecule has 1 aliphatic carbocycles. The highest BCUT2D eigenvalue weighted by molar-refractivity contribution is 6.48. The average Bonchev–Trinajstić information content (AvgIpc) is 3.63. The maximum atomic E-state index is 13.9. The van der Waals surface area contributed by atoms with Gasteiger partial charge in [-0.1, -0.05) is 77.9 Å². The van der Waals surface area contributed by atoms with E-state index in [1.165, 1.54) is 0 Å². The molecule has 6 rings (SSSR count). The first-order valence-electron chi connectivity index (χ1n) is 18.2. The van der Waals surface area contributed by atoms with Crippen LogP contribution in [0.5, 0.6) is 5.75 Å². The Labute approximate surface area is 299 Å². The Morgan fingerprint density at radius 3 is 2.40 bits per heavy atom. The number of nitrogens with zero attached hydrogens (tertiary/aromatic N) is 4. The summed E-state index contributed by atoms with van der Waals surface area (Å²) in [7, 11) is 0.785. The smallest absolute Gasteiger partial charge is 0.319 e. The molecule has 1 saturated heterocycles. The second-order valence-electron chi connectivity index (χ2n) is 16.9. The van der Waals surface area contributed by atoms with Crippen molar-refractivity contribution < 1.29 is 14.0 Å². The van der Waals surface area contributed by atoms with E-state index < -0.39 is 9.04 Å². The fraction of sp³-hybridized carbons (Fsp3) is 0.525. The van der Waals surface area contributed by atoms with Gasteiger partial charge in [0.25, 0.3) is 0 Å². The van der Waals surface area contributed by atoms with Crippen LogP contribution in [0.25, 0.3) is 5.65 Å². The fourth-order valence-corrected chi connectivity index (χ4v) is 8.67. The molecule has 1 fully saturated rings. The molecule has 1 aliphatic heterocycles. The number of hydrogen-bond donors (Lipinski definition) is 2. The van der Waals surface area contributed by atoms with Crippen molar-refractivity contribution in [3.8, 4) is 5.75 Å². The van der Waals surface area contributed by atoms with Crippen molar-refractivity contribution in [1.29, 1.82) is 0 Å². The number of amides is 2. The predicted molar refractivity (Wildman–Crippen MR) is 203 cm³/mol. The van der Waals surface area contributed by atoms with E-state index in [1.807, 2.05) is 30.5 Å². The average molecular weight is 697 g/mol. The Bertz CT molecular complexity index is 1840. The summed E-state index contributed by atoms with van der Waals surface area (Å²) in [5, 5.41) is 15.7. The van der Waals surface area contributed by atoms with Crippen LogP contribution in [0, 0.1) is 5.41 Å². The number of pyridine rings is 1. The largest absolute Gasteiger partial charge is 0.484 e. The van der Waals surface area contributed by atoms with Gasteiger partial charge in [-0.2, -0.15) is 0 Å². The maximum Gasteiger partial charge on any atom is 0.319 e. The molecule has 9 nitrogen and oxygen atoms in total. The van der Waals surface area contributed by atoms with Crippen LogP contribution in [-0.2, 0) is 15.4 Å². The molecular weight excluding hydrogens is 641 g/mol. The molecule has 4 aromatic rings. The first-order valence-corrected chi connectivity index (χ1v) is 21.0. The van der Waals surface area contributed by atoms with Gasteiger partial charge in [0.1, 0.15) is 11.9 Å². The third kappa shape index (κ3) is 7.34. The molecule has 4 atom stereocenters. The van der Waals surface area contributed by atoms with Crippen LogP contribution in [0.15, 0.2) is 60.8 Å². The fourth-order valence-electron chi connectivity index (χ4n) is 7.57. The summed E-state index contributed by atoms with van der Waals surface area (Å²) in [6.07, 6.45) is 5.44. The van der Waals surface area contributed by atoms with Gasteiger partial charge in [0, 0.05) is 11.3 Å². The van der Waals surface area contributed by atoms with Crippen LogP contribution in [0.4, 0.5) is 10.5 Å². The van der Waals surface area contributed by atoms with Gasteiger partial charge in [-0.15, -0.1) is 10.2 Å². The summed E-state index contributed by atoms with van der Waals surface area (Å²) in [5.41, 5.74) is 5.59. The third-order valence-electron chi connectivity index (χ3n) is 10.5. The van der Waals surface area contributed by atoms with Gasteiger partial charge in [-0.05, 0) is 105 Å². The zero-order valence-corrected chi connectivity index (χ0v) is 32.8. The van der Waals surface area contributed by atoms with Crippen LogP contribution < -0.4 is 15.4 Å². The van der Waals surface area contributed by atoms with Gasteiger partial charge >= 0.3 is 6.03 Å². The molecule has 2 amide bonds. The number of fused-ring (bicyclic) bond motifs is 2. The van der Waals surface area contributed by atoms with Crippen molar-refractivity contribution in [2.75, 3.05) is 18.9 Å². The number of anilines is 1. The number of hydrogen-bond acceptors (Lipinski definition) is 6. The summed E-state index contributed by atoms with van der Waals surface area (Å²) in [4.78, 5) is 16.2. The van der Waals surface area contributed by atoms with Gasteiger partial charge in [-0.3, -0.25) is 9.30 Å². The van der Waals surface area contributed by atoms with Gasteiger partial charge in [-0.25, -0.2) is 4.79 Å². The zero-order valence-electron chi connectivity index (χ0n) is 31.6.